The van der Waals surface area contributed by atoms with Crippen molar-refractivity contribution in [2.24, 2.45) is 0 Å². The quantitative estimate of drug-likeness (QED) is 0.219. The normalized spacial score (nSPS) is 17.2. The lowest BCUT2D eigenvalue weighted by atomic mass is 10.1. The molecular formula is C37H37F2N7O7S2. The molecule has 0 N–H and O–H groups in total. The Hall–Kier alpha value is -5.35. The van der Waals surface area contributed by atoms with Gasteiger partial charge in [-0.3, -0.25) is 19.6 Å². The summed E-state index contributed by atoms with van der Waals surface area (Å²) in [7, 11) is -7.68. The topological polar surface area (TPSA) is 174 Å². The third-order valence-electron chi connectivity index (χ3n) is 9.47. The van der Waals surface area contributed by atoms with E-state index >= 15 is 0 Å². The Morgan fingerprint density at radius 2 is 1.25 bits per heavy atom. The van der Waals surface area contributed by atoms with Gasteiger partial charge in [-0.25, -0.2) is 16.8 Å². The average molecular weight is 794 g/mol. The van der Waals surface area contributed by atoms with Crippen molar-refractivity contribution in [2.75, 3.05) is 45.8 Å². The number of pyridine rings is 2. The van der Waals surface area contributed by atoms with Crippen LogP contribution in [-0.2, 0) is 32.9 Å². The summed E-state index contributed by atoms with van der Waals surface area (Å²) in [6.07, 6.45) is 4.03. The average Bonchev–Trinajstić information content (AvgIpc) is 3.20. The maximum absolute atomic E-state index is 13.3. The second-order valence-corrected chi connectivity index (χ2v) is 16.8. The predicted octanol–water partition coefficient (Wildman–Crippen LogP) is 3.42. The smallest absolute Gasteiger partial charge is 0.387 e. The number of aromatic nitrogens is 2. The van der Waals surface area contributed by atoms with Gasteiger partial charge in [-0.15, -0.1) is 0 Å². The molecule has 0 unspecified atom stereocenters. The van der Waals surface area contributed by atoms with Gasteiger partial charge in [0.05, 0.1) is 32.6 Å². The number of nitrogens with zero attached hydrogens (tertiary/aromatic N) is 7. The van der Waals surface area contributed by atoms with Crippen molar-refractivity contribution in [2.45, 2.75) is 42.2 Å². The Morgan fingerprint density at radius 3 is 1.75 bits per heavy atom. The minimum absolute atomic E-state index is 0.0628. The molecule has 14 nitrogen and oxygen atoms in total. The molecule has 6 rings (SSSR count). The van der Waals surface area contributed by atoms with Gasteiger partial charge in [-0.05, 0) is 92.6 Å². The van der Waals surface area contributed by atoms with Crippen LogP contribution in [0, 0.1) is 11.3 Å². The molecule has 0 aliphatic carbocycles. The van der Waals surface area contributed by atoms with E-state index < -0.39 is 26.7 Å². The Bertz CT molecular complexity index is 2260. The van der Waals surface area contributed by atoms with Crippen molar-refractivity contribution >= 4 is 31.9 Å². The summed E-state index contributed by atoms with van der Waals surface area (Å²) in [5, 5.41) is 9.01. The summed E-state index contributed by atoms with van der Waals surface area (Å²) < 4.78 is 84.2. The number of carbonyl (C=O) groups excluding carboxylic acids is 2. The molecule has 2 amide bonds. The van der Waals surface area contributed by atoms with Crippen LogP contribution in [0.25, 0.3) is 0 Å². The van der Waals surface area contributed by atoms with Gasteiger partial charge in [0.15, 0.2) is 0 Å². The third kappa shape index (κ3) is 8.97. The molecule has 1 atom stereocenters. The Balaban J connectivity index is 0.966. The number of piperazine rings is 2. The summed E-state index contributed by atoms with van der Waals surface area (Å²) in [5.74, 6) is -0.681. The second-order valence-electron chi connectivity index (χ2n) is 13.0. The number of amides is 2. The molecule has 18 heteroatoms. The number of aryl methyl sites for hydroxylation is 2. The van der Waals surface area contributed by atoms with Crippen LogP contribution in [0.5, 0.6) is 5.75 Å². The van der Waals surface area contributed by atoms with Crippen molar-refractivity contribution < 1.29 is 39.9 Å². The number of sulfonamides is 2. The first-order valence-electron chi connectivity index (χ1n) is 17.3. The summed E-state index contributed by atoms with van der Waals surface area (Å²) in [6.45, 7) is -0.317. The predicted molar refractivity (Wildman–Crippen MR) is 194 cm³/mol. The molecule has 55 heavy (non-hydrogen) atoms. The zero-order chi connectivity index (χ0) is 39.3. The molecule has 0 bridgehead atoms. The van der Waals surface area contributed by atoms with E-state index in [1.54, 1.807) is 41.0 Å². The Morgan fingerprint density at radius 1 is 0.745 bits per heavy atom. The molecule has 4 heterocycles. The van der Waals surface area contributed by atoms with Gasteiger partial charge in [0.25, 0.3) is 11.8 Å². The summed E-state index contributed by atoms with van der Waals surface area (Å²) in [4.78, 5) is 38.6. The highest BCUT2D eigenvalue weighted by Gasteiger charge is 2.35. The first kappa shape index (κ1) is 39.3. The van der Waals surface area contributed by atoms with Gasteiger partial charge in [0.2, 0.25) is 20.0 Å². The van der Waals surface area contributed by atoms with Crippen molar-refractivity contribution in [3.05, 3.63) is 113 Å². The molecule has 2 aliphatic rings. The van der Waals surface area contributed by atoms with E-state index in [-0.39, 0.29) is 79.2 Å². The minimum Gasteiger partial charge on any atom is -0.435 e. The van der Waals surface area contributed by atoms with Crippen molar-refractivity contribution in [1.29, 1.82) is 5.26 Å². The van der Waals surface area contributed by atoms with Crippen LogP contribution in [0.2, 0.25) is 0 Å². The fraction of sp³-hybridized carbons (Fsp3) is 0.324. The standard InChI is InChI=1S/C37H37F2N7O7S2/c1-26-25-45(55(51,52)33-12-2-27(22-40)3-13-33)20-21-46(26)36(48)29-5-7-31(42-24-29)9-8-30-6-4-28(23-41-30)35(47)43-16-18-44(19-17-43)54(49,50)34-14-10-32(11-15-34)53-37(38)39/h2-7,10-15,23-24,26,37H,8-9,16-21,25H2,1H3/t26-/m0/s1. The van der Waals surface area contributed by atoms with Gasteiger partial charge >= 0.3 is 6.61 Å². The molecule has 0 saturated carbocycles. The van der Waals surface area contributed by atoms with E-state index in [4.69, 9.17) is 5.26 Å². The van der Waals surface area contributed by atoms with Crippen LogP contribution >= 0.6 is 0 Å². The lowest BCUT2D eigenvalue weighted by Gasteiger charge is -2.39. The Kier molecular flexibility index (Phi) is 11.9. The summed E-state index contributed by atoms with van der Waals surface area (Å²) in [6, 6.07) is 18.9. The van der Waals surface area contributed by atoms with Crippen molar-refractivity contribution in [3.8, 4) is 11.8 Å². The molecule has 2 aromatic heterocycles. The highest BCUT2D eigenvalue weighted by atomic mass is 32.2. The maximum atomic E-state index is 13.3. The number of alkyl halides is 2. The van der Waals surface area contributed by atoms with Gasteiger partial charge < -0.3 is 14.5 Å². The number of benzene rings is 2. The molecule has 288 valence electrons. The zero-order valence-corrected chi connectivity index (χ0v) is 31.3. The zero-order valence-electron chi connectivity index (χ0n) is 29.7. The minimum atomic E-state index is -3.90. The molecule has 0 radical (unpaired) electrons. The van der Waals surface area contributed by atoms with E-state index in [0.717, 1.165) is 23.5 Å². The molecule has 2 fully saturated rings. The van der Waals surface area contributed by atoms with E-state index in [1.165, 1.54) is 57.4 Å². The number of hydrogen-bond donors (Lipinski definition) is 0. The molecular weight excluding hydrogens is 757 g/mol. The molecule has 0 spiro atoms. The molecule has 2 aromatic carbocycles. The van der Waals surface area contributed by atoms with Crippen LogP contribution in [0.1, 0.15) is 44.6 Å². The SMILES string of the molecule is C[C@H]1CN(S(=O)(=O)c2ccc(C#N)cc2)CCN1C(=O)c1ccc(CCc2ccc(C(=O)N3CCN(S(=O)(=O)c4ccc(OC(F)F)cc4)CC3)cn2)nc1. The Labute approximate surface area is 317 Å². The van der Waals surface area contributed by atoms with Crippen molar-refractivity contribution in [1.82, 2.24) is 28.4 Å². The summed E-state index contributed by atoms with van der Waals surface area (Å²) >= 11 is 0. The first-order chi connectivity index (χ1) is 26.3. The monoisotopic (exact) mass is 793 g/mol. The van der Waals surface area contributed by atoms with Crippen LogP contribution in [0.15, 0.2) is 95.0 Å². The summed E-state index contributed by atoms with van der Waals surface area (Å²) in [5.41, 5.74) is 2.56. The van der Waals surface area contributed by atoms with Gasteiger partial charge in [0.1, 0.15) is 5.75 Å². The van der Waals surface area contributed by atoms with Gasteiger partial charge in [0, 0.05) is 75.6 Å². The van der Waals surface area contributed by atoms with Crippen molar-refractivity contribution in [3.63, 3.8) is 0 Å². The number of nitriles is 1. The van der Waals surface area contributed by atoms with E-state index in [0.29, 0.717) is 29.5 Å². The second kappa shape index (κ2) is 16.6. The number of carbonyl (C=O) groups is 2. The van der Waals surface area contributed by atoms with E-state index in [1.807, 2.05) is 6.07 Å². The largest absolute Gasteiger partial charge is 0.435 e. The van der Waals surface area contributed by atoms with Crippen LogP contribution < -0.4 is 4.74 Å². The maximum Gasteiger partial charge on any atom is 0.387 e. The van der Waals surface area contributed by atoms with Crippen LogP contribution in [0.4, 0.5) is 8.78 Å². The first-order valence-corrected chi connectivity index (χ1v) is 20.2. The van der Waals surface area contributed by atoms with E-state index in [9.17, 15) is 35.2 Å². The lowest BCUT2D eigenvalue weighted by Crippen LogP contribution is -2.55. The number of halogens is 2. The van der Waals surface area contributed by atoms with Gasteiger partial charge in [-0.2, -0.15) is 22.7 Å². The van der Waals surface area contributed by atoms with Crippen LogP contribution in [-0.4, -0.2) is 115 Å². The van der Waals surface area contributed by atoms with E-state index in [2.05, 4.69) is 14.7 Å². The fourth-order valence-corrected chi connectivity index (χ4v) is 9.31. The molecule has 4 aromatic rings. The van der Waals surface area contributed by atoms with Gasteiger partial charge in [-0.1, -0.05) is 0 Å². The van der Waals surface area contributed by atoms with Crippen LogP contribution in [0.3, 0.4) is 0 Å². The third-order valence-corrected chi connectivity index (χ3v) is 13.3. The lowest BCUT2D eigenvalue weighted by molar-refractivity contribution is -0.0498. The number of hydrogen-bond acceptors (Lipinski definition) is 10. The number of rotatable bonds is 11. The fourth-order valence-electron chi connectivity index (χ4n) is 6.37. The highest BCUT2D eigenvalue weighted by Crippen LogP contribution is 2.24. The molecule has 2 aliphatic heterocycles. The number of ether oxygens (including phenoxy) is 1. The molecule has 2 saturated heterocycles. The highest BCUT2D eigenvalue weighted by molar-refractivity contribution is 7.89.